The summed E-state index contributed by atoms with van der Waals surface area (Å²) < 4.78 is 7.56. The van der Waals surface area contributed by atoms with E-state index in [-0.39, 0.29) is 0 Å². The Bertz CT molecular complexity index is 749. The molecule has 4 nitrogen and oxygen atoms in total. The van der Waals surface area contributed by atoms with E-state index >= 15 is 0 Å². The molecule has 0 fully saturated rings. The van der Waals surface area contributed by atoms with Gasteiger partial charge in [0.25, 0.3) is 0 Å². The lowest BCUT2D eigenvalue weighted by molar-refractivity contribution is 0.0218. The smallest absolute Gasteiger partial charge is 0.0959 e. The lowest BCUT2D eigenvalue weighted by atomic mass is 10.1. The summed E-state index contributed by atoms with van der Waals surface area (Å²) in [5.74, 6) is 0. The minimum atomic E-state index is -0.543. The van der Waals surface area contributed by atoms with Crippen molar-refractivity contribution in [3.63, 3.8) is 0 Å². The normalized spacial score (nSPS) is 12.9. The molecule has 0 unspecified atom stereocenters. The van der Waals surface area contributed by atoms with E-state index in [1.54, 1.807) is 17.7 Å². The van der Waals surface area contributed by atoms with Crippen LogP contribution >= 0.6 is 11.3 Å². The van der Waals surface area contributed by atoms with Gasteiger partial charge in [-0.3, -0.25) is 0 Å². The zero-order valence-corrected chi connectivity index (χ0v) is 13.6. The maximum Gasteiger partial charge on any atom is 0.0959 e. The lowest BCUT2D eigenvalue weighted by Crippen LogP contribution is -2.21. The minimum absolute atomic E-state index is 0.322. The topological polar surface area (TPSA) is 47.3 Å². The van der Waals surface area contributed by atoms with Crippen LogP contribution in [0.1, 0.15) is 16.0 Å². The van der Waals surface area contributed by atoms with Crippen molar-refractivity contribution in [2.75, 3.05) is 6.61 Å². The Morgan fingerprint density at radius 2 is 2.14 bits per heavy atom. The van der Waals surface area contributed by atoms with E-state index in [1.807, 2.05) is 22.1 Å². The van der Waals surface area contributed by atoms with Crippen LogP contribution in [0, 0.1) is 13.8 Å². The fourth-order valence-corrected chi connectivity index (χ4v) is 3.07. The molecule has 1 atom stereocenters. The van der Waals surface area contributed by atoms with Crippen molar-refractivity contribution in [2.45, 2.75) is 33.1 Å². The van der Waals surface area contributed by atoms with Crippen molar-refractivity contribution in [3.05, 3.63) is 52.0 Å². The first-order valence-corrected chi connectivity index (χ1v) is 8.21. The Hall–Kier alpha value is -1.69. The number of thiophene rings is 1. The monoisotopic (exact) mass is 316 g/mol. The van der Waals surface area contributed by atoms with Crippen LogP contribution in [0.3, 0.4) is 0 Å². The van der Waals surface area contributed by atoms with Crippen molar-refractivity contribution >= 4 is 22.4 Å². The van der Waals surface area contributed by atoms with Gasteiger partial charge < -0.3 is 14.4 Å². The Morgan fingerprint density at radius 3 is 2.91 bits per heavy atom. The minimum Gasteiger partial charge on any atom is -0.389 e. The maximum atomic E-state index is 10.2. The number of aromatic nitrogens is 2. The van der Waals surface area contributed by atoms with Crippen molar-refractivity contribution in [3.8, 4) is 0 Å². The summed E-state index contributed by atoms with van der Waals surface area (Å²) >= 11 is 1.66. The third-order valence-electron chi connectivity index (χ3n) is 3.78. The highest BCUT2D eigenvalue weighted by molar-refractivity contribution is 7.09. The van der Waals surface area contributed by atoms with E-state index in [1.165, 1.54) is 16.0 Å². The summed E-state index contributed by atoms with van der Waals surface area (Å²) in [5.41, 5.74) is 4.49. The quantitative estimate of drug-likeness (QED) is 0.759. The Labute approximate surface area is 134 Å². The van der Waals surface area contributed by atoms with Gasteiger partial charge >= 0.3 is 0 Å². The first-order chi connectivity index (χ1) is 10.6. The average Bonchev–Trinajstić information content (AvgIpc) is 3.11. The first kappa shape index (κ1) is 15.2. The maximum absolute atomic E-state index is 10.2. The molecule has 0 radical (unpaired) electrons. The molecule has 0 aliphatic rings. The van der Waals surface area contributed by atoms with Crippen LogP contribution in [0.5, 0.6) is 0 Å². The summed E-state index contributed by atoms with van der Waals surface area (Å²) in [6, 6.07) is 8.24. The van der Waals surface area contributed by atoms with Gasteiger partial charge in [0.1, 0.15) is 0 Å². The van der Waals surface area contributed by atoms with Crippen LogP contribution in [0.2, 0.25) is 0 Å². The molecule has 2 aromatic heterocycles. The van der Waals surface area contributed by atoms with Gasteiger partial charge in [0.05, 0.1) is 43.2 Å². The molecule has 0 aliphatic carbocycles. The predicted octanol–water partition coefficient (Wildman–Crippen LogP) is 3.29. The van der Waals surface area contributed by atoms with Crippen LogP contribution in [0.25, 0.3) is 11.0 Å². The summed E-state index contributed by atoms with van der Waals surface area (Å²) in [6.07, 6.45) is 1.24. The number of fused-ring (bicyclic) bond motifs is 1. The van der Waals surface area contributed by atoms with E-state index in [9.17, 15) is 5.11 Å². The molecular formula is C17H20N2O2S. The molecule has 3 aromatic rings. The van der Waals surface area contributed by atoms with Crippen LogP contribution in [-0.4, -0.2) is 27.4 Å². The van der Waals surface area contributed by atoms with Crippen LogP contribution in [0.4, 0.5) is 0 Å². The fourth-order valence-electron chi connectivity index (χ4n) is 2.43. The van der Waals surface area contributed by atoms with E-state index in [2.05, 4.69) is 31.0 Å². The molecular weight excluding hydrogens is 296 g/mol. The molecule has 1 aromatic carbocycles. The molecule has 1 N–H and O–H groups in total. The van der Waals surface area contributed by atoms with Gasteiger partial charge in [-0.1, -0.05) is 6.07 Å². The molecule has 0 spiro atoms. The highest BCUT2D eigenvalue weighted by atomic mass is 32.1. The molecule has 0 saturated heterocycles. The van der Waals surface area contributed by atoms with Gasteiger partial charge in [-0.15, -0.1) is 11.3 Å². The van der Waals surface area contributed by atoms with Crippen LogP contribution in [0.15, 0.2) is 36.0 Å². The lowest BCUT2D eigenvalue weighted by Gasteiger charge is -2.13. The van der Waals surface area contributed by atoms with E-state index in [4.69, 9.17) is 4.74 Å². The third kappa shape index (κ3) is 3.38. The number of ether oxygens (including phenoxy) is 1. The Balaban J connectivity index is 1.61. The van der Waals surface area contributed by atoms with Gasteiger partial charge in [0.15, 0.2) is 0 Å². The number of benzene rings is 1. The van der Waals surface area contributed by atoms with E-state index in [0.717, 1.165) is 11.0 Å². The average molecular weight is 316 g/mol. The molecule has 22 heavy (non-hydrogen) atoms. The zero-order chi connectivity index (χ0) is 15.5. The Kier molecular flexibility index (Phi) is 4.57. The summed E-state index contributed by atoms with van der Waals surface area (Å²) in [6.45, 7) is 5.54. The predicted molar refractivity (Wildman–Crippen MR) is 89.2 cm³/mol. The largest absolute Gasteiger partial charge is 0.389 e. The summed E-state index contributed by atoms with van der Waals surface area (Å²) in [7, 11) is 0. The SMILES string of the molecule is Cc1cc2ncn(C[C@@H](O)COCc3cccs3)c2cc1C. The first-order valence-electron chi connectivity index (χ1n) is 7.34. The highest BCUT2D eigenvalue weighted by Crippen LogP contribution is 2.18. The molecule has 116 valence electrons. The van der Waals surface area contributed by atoms with Gasteiger partial charge in [-0.25, -0.2) is 4.98 Å². The number of hydrogen-bond donors (Lipinski definition) is 1. The summed E-state index contributed by atoms with van der Waals surface area (Å²) in [4.78, 5) is 5.58. The molecule has 0 aliphatic heterocycles. The molecule has 3 rings (SSSR count). The van der Waals surface area contributed by atoms with Gasteiger partial charge in [0.2, 0.25) is 0 Å². The van der Waals surface area contributed by atoms with E-state index in [0.29, 0.717) is 19.8 Å². The van der Waals surface area contributed by atoms with Gasteiger partial charge in [-0.2, -0.15) is 0 Å². The highest BCUT2D eigenvalue weighted by Gasteiger charge is 2.10. The Morgan fingerprint density at radius 1 is 1.32 bits per heavy atom. The number of hydrogen-bond acceptors (Lipinski definition) is 4. The summed E-state index contributed by atoms with van der Waals surface area (Å²) in [5, 5.41) is 12.2. The zero-order valence-electron chi connectivity index (χ0n) is 12.8. The number of aliphatic hydroxyl groups excluding tert-OH is 1. The standard InChI is InChI=1S/C17H20N2O2S/c1-12-6-16-17(7-13(12)2)19(11-18-16)8-14(20)9-21-10-15-4-3-5-22-15/h3-7,11,14,20H,8-10H2,1-2H3/t14-/m1/s1. The van der Waals surface area contributed by atoms with Crippen LogP contribution in [-0.2, 0) is 17.9 Å². The van der Waals surface area contributed by atoms with Crippen LogP contribution < -0.4 is 0 Å². The second-order valence-corrected chi connectivity index (χ2v) is 6.60. The second kappa shape index (κ2) is 6.60. The molecule has 0 saturated carbocycles. The second-order valence-electron chi connectivity index (χ2n) is 5.57. The molecule has 2 heterocycles. The molecule has 5 heteroatoms. The van der Waals surface area contributed by atoms with Crippen molar-refractivity contribution in [1.29, 1.82) is 0 Å². The number of imidazole rings is 1. The van der Waals surface area contributed by atoms with Gasteiger partial charge in [0, 0.05) is 4.88 Å². The van der Waals surface area contributed by atoms with Gasteiger partial charge in [-0.05, 0) is 48.6 Å². The third-order valence-corrected chi connectivity index (χ3v) is 4.63. The number of rotatable bonds is 6. The van der Waals surface area contributed by atoms with Crippen molar-refractivity contribution in [1.82, 2.24) is 9.55 Å². The number of aliphatic hydroxyl groups is 1. The fraction of sp³-hybridized carbons (Fsp3) is 0.353. The molecule has 0 amide bonds. The van der Waals surface area contributed by atoms with Crippen molar-refractivity contribution in [2.24, 2.45) is 0 Å². The molecule has 0 bridgehead atoms. The number of aryl methyl sites for hydroxylation is 2. The van der Waals surface area contributed by atoms with E-state index < -0.39 is 6.10 Å². The van der Waals surface area contributed by atoms with Crippen molar-refractivity contribution < 1.29 is 9.84 Å². The number of nitrogens with zero attached hydrogens (tertiary/aromatic N) is 2.